The van der Waals surface area contributed by atoms with Gasteiger partial charge in [0.25, 0.3) is 0 Å². The molecule has 4 aliphatic carbocycles. The molecular formula is C128H130N6O4+4. The molecule has 24 rings (SSSR count). The van der Waals surface area contributed by atoms with Crippen LogP contribution in [0.15, 0.2) is 261 Å². The van der Waals surface area contributed by atoms with Crippen LogP contribution in [0.5, 0.6) is 0 Å². The highest BCUT2D eigenvalue weighted by atomic mass is 16.3. The third-order valence-electron chi connectivity index (χ3n) is 28.3. The minimum absolute atomic E-state index is 0.0885. The SMILES string of the molecule is [2H]C([2H])([2H])C([2H])(c1cc[n+](C)c(-c2c(C)ccc3c2oc2c4c(ccc23)C(C([2H])([2H])[2H])(C([2H])([2H])[2H])c2ccccc2-4)c1)C([2H])([2H])[2H].[2H]C([2H])([2H])CC1(CC([2H])([2H])[2H])c2ccccc2-c2c1ccc1c2oc2c(-c3cc(C([2H])(C([2H])([2H])[2H])C([2H])([2H])[2H])cc[n+]3C)c(C)ccc21.[2H]C([2H])([2H])c1cc(-c2c(C)ccc3c2oc2nc4c(cc23)-c2ccccc2C4(C([2H])([2H])C([2H])(C)C([2H])([2H])[2H])C([2H])([2H])C([2H])(C)C([2H])([2H])[2H])[n+](C)cc1C([2H])([2H])[2H].[2H]C([2H])([2H])c1cc(-c2c(C)ccc3c2oc2ncc4c(c23)C(C)(C)c2ccccc2-4)[n+](C)cc1C([2H])([2H])[2H]. The van der Waals surface area contributed by atoms with E-state index in [1.54, 1.807) is 116 Å². The second kappa shape index (κ2) is 33.6. The van der Waals surface area contributed by atoms with Gasteiger partial charge in [0.1, 0.15) is 50.5 Å². The number of pyridine rings is 6. The first kappa shape index (κ1) is 50.1. The van der Waals surface area contributed by atoms with Crippen LogP contribution in [0.4, 0.5) is 0 Å². The number of aryl methyl sites for hydroxylation is 12. The van der Waals surface area contributed by atoms with Crippen molar-refractivity contribution in [2.75, 3.05) is 0 Å². The summed E-state index contributed by atoms with van der Waals surface area (Å²) in [6.45, 7) is -27.7. The first-order chi connectivity index (χ1) is 86.0. The number of benzene rings is 10. The molecule has 10 aromatic heterocycles. The van der Waals surface area contributed by atoms with Crippen molar-refractivity contribution in [3.05, 3.63) is 344 Å². The minimum atomic E-state index is -3.51. The van der Waals surface area contributed by atoms with Crippen LogP contribution in [-0.4, -0.2) is 9.97 Å². The van der Waals surface area contributed by atoms with Crippen LogP contribution in [0.3, 0.4) is 0 Å². The highest BCUT2D eigenvalue weighted by molar-refractivity contribution is 6.18. The zero-order chi connectivity index (χ0) is 139. The maximum Gasteiger partial charge on any atom is 0.227 e. The summed E-state index contributed by atoms with van der Waals surface area (Å²) in [5.74, 6) is -12.1. The molecule has 0 aliphatic heterocycles. The average molecular weight is 1870 g/mol. The number of fused-ring (bicyclic) bond motifs is 27. The Morgan fingerprint density at radius 1 is 0.355 bits per heavy atom. The van der Waals surface area contributed by atoms with Gasteiger partial charge in [0.15, 0.2) is 36.0 Å². The van der Waals surface area contributed by atoms with Crippen LogP contribution < -0.4 is 18.3 Å². The molecule has 2 unspecified atom stereocenters. The standard InChI is InChI=1S/C35H39N2O.C33H34NO.C31H30NO.C29H27N2O/c1-20(2)17-35(18-21(3)4)29-12-10-9-11-25(29)27-16-28-26-14-13-22(5)31(32(26)38-34(28)36-33(27)35)30-15-23(6)24(7)19-37(30)8;1-7-33(8-2)26-12-10-9-11-25(26)30-27(33)16-15-24-23-14-13-21(5)29(31(23)35-32(24)30)28-19-22(20(3)4)17-18-34(28)6;1-18(2)20-15-16-32(6)26(17-20)27-19(3)11-12-21-22-13-14-25-28(30(22)33-29(21)27)23-9-7-8-10-24(23)31(25,4)5;1-16-11-12-20-25-26-21(19-9-7-8-10-22(19)29(26,4)5)14-30-28(25)32-27(20)24(16)23-13-17(2)18(3)15-31(23)6/h9-16,19-21H,17-18H2,1-8H3;9-20H,7-8H2,1-6H3;7-18H,1-6H3;7-15H,1-6H3/q4*+1/i1D3,3D3,6D3,7D3,17D2,18D2,20D,21D;1D3,2D3,3D3,4D3,20D;1D3,2D3,4D3,5D3,18D;2D3,3D3. The van der Waals surface area contributed by atoms with Crippen LogP contribution >= 0.6 is 0 Å². The fourth-order valence-corrected chi connectivity index (χ4v) is 21.7. The predicted molar refractivity (Wildman–Crippen MR) is 570 cm³/mol. The van der Waals surface area contributed by atoms with Crippen molar-refractivity contribution >= 4 is 88.0 Å². The average Bonchev–Trinajstić information content (AvgIpc) is 1.47. The van der Waals surface area contributed by atoms with Crippen LogP contribution in [0.1, 0.15) is 302 Å². The van der Waals surface area contributed by atoms with Crippen molar-refractivity contribution in [3.8, 4) is 89.5 Å². The van der Waals surface area contributed by atoms with E-state index in [0.29, 0.717) is 150 Å². The molecule has 138 heavy (non-hydrogen) atoms. The summed E-state index contributed by atoms with van der Waals surface area (Å²) in [5, 5.41) is 5.21. The summed E-state index contributed by atoms with van der Waals surface area (Å²) in [4.78, 5) is 9.43. The van der Waals surface area contributed by atoms with Crippen molar-refractivity contribution in [1.82, 2.24) is 9.97 Å². The summed E-state index contributed by atoms with van der Waals surface area (Å²) < 4.78 is 449. The van der Waals surface area contributed by atoms with Gasteiger partial charge in [-0.05, 0) is 216 Å². The zero-order valence-corrected chi connectivity index (χ0v) is 77.8. The van der Waals surface area contributed by atoms with Gasteiger partial charge >= 0.3 is 0 Å². The lowest BCUT2D eigenvalue weighted by atomic mass is 9.69. The normalized spacial score (nSPS) is 22.7. The number of nitrogens with zero attached hydrogens (tertiary/aromatic N) is 6. The molecule has 2 atom stereocenters. The first-order valence-electron chi connectivity index (χ1n) is 70.2. The van der Waals surface area contributed by atoms with Gasteiger partial charge in [-0.1, -0.05) is 266 Å². The second-order valence-electron chi connectivity index (χ2n) is 37.1. The van der Waals surface area contributed by atoms with E-state index >= 15 is 0 Å². The molecule has 10 heteroatoms. The zero-order valence-electron chi connectivity index (χ0n) is 128. The molecule has 692 valence electrons. The Labute approximate surface area is 883 Å². The van der Waals surface area contributed by atoms with E-state index in [4.69, 9.17) is 90.7 Å². The molecule has 0 saturated heterocycles. The van der Waals surface area contributed by atoms with E-state index in [1.165, 1.54) is 102 Å². The van der Waals surface area contributed by atoms with Gasteiger partial charge in [-0.2, -0.15) is 0 Å². The van der Waals surface area contributed by atoms with Gasteiger partial charge in [-0.25, -0.2) is 28.2 Å². The molecular weight excluding hydrogens is 1690 g/mol. The molecule has 20 aromatic rings. The number of rotatable bonds is 12. The Kier molecular flexibility index (Phi) is 12.2. The van der Waals surface area contributed by atoms with Gasteiger partial charge in [-0.15, -0.1) is 0 Å². The monoisotopic (exact) mass is 1870 g/mol. The molecule has 10 aromatic carbocycles. The number of furan rings is 4. The highest BCUT2D eigenvalue weighted by Gasteiger charge is 2.48. The molecule has 10 nitrogen and oxygen atoms in total. The van der Waals surface area contributed by atoms with E-state index in [0.717, 1.165) is 52.4 Å². The summed E-state index contributed by atoms with van der Waals surface area (Å²) in [7, 11) is 6.70. The van der Waals surface area contributed by atoms with Crippen LogP contribution in [0.2, 0.25) is 0 Å². The van der Waals surface area contributed by atoms with Crippen LogP contribution in [-0.2, 0) is 49.9 Å². The van der Waals surface area contributed by atoms with Crippen LogP contribution in [0.25, 0.3) is 178 Å². The molecule has 10 heterocycles. The molecule has 0 N–H and O–H groups in total. The summed E-state index contributed by atoms with van der Waals surface area (Å²) in [5.41, 5.74) is 8.52. The van der Waals surface area contributed by atoms with Gasteiger partial charge in [0.2, 0.25) is 34.2 Å². The molecule has 0 radical (unpaired) electrons. The Balaban J connectivity index is 0.000000141. The van der Waals surface area contributed by atoms with E-state index in [1.807, 2.05) is 87.6 Å². The van der Waals surface area contributed by atoms with Crippen molar-refractivity contribution in [2.45, 2.75) is 210 Å². The van der Waals surface area contributed by atoms with Gasteiger partial charge in [-0.3, -0.25) is 0 Å². The van der Waals surface area contributed by atoms with E-state index < -0.39 is 160 Å². The smallest absolute Gasteiger partial charge is 0.227 e. The molecule has 0 saturated carbocycles. The summed E-state index contributed by atoms with van der Waals surface area (Å²) >= 11 is 0. The fourth-order valence-electron chi connectivity index (χ4n) is 21.7. The first-order valence-corrected chi connectivity index (χ1v) is 45.2. The van der Waals surface area contributed by atoms with Gasteiger partial charge < -0.3 is 17.7 Å². The summed E-state index contributed by atoms with van der Waals surface area (Å²) in [6.07, 6.45) is -0.271. The van der Waals surface area contributed by atoms with Gasteiger partial charge in [0.05, 0.1) is 33.3 Å². The quantitative estimate of drug-likeness (QED) is 0.113. The highest BCUT2D eigenvalue weighted by Crippen LogP contribution is 2.61. The van der Waals surface area contributed by atoms with Crippen molar-refractivity contribution in [2.24, 2.45) is 40.0 Å². The van der Waals surface area contributed by atoms with E-state index in [2.05, 4.69) is 32.0 Å². The Hall–Kier alpha value is -13.7. The van der Waals surface area contributed by atoms with Crippen LogP contribution in [0, 0.1) is 66.9 Å². The third-order valence-corrected chi connectivity index (χ3v) is 28.3. The third kappa shape index (κ3) is 13.9. The molecule has 0 spiro atoms. The molecule has 0 fully saturated rings. The minimum Gasteiger partial charge on any atom is -0.454 e. The number of aromatic nitrogens is 6. The van der Waals surface area contributed by atoms with E-state index in [9.17, 15) is 5.48 Å². The second-order valence-corrected chi connectivity index (χ2v) is 37.1. The Morgan fingerprint density at radius 2 is 0.761 bits per heavy atom. The lowest BCUT2D eigenvalue weighted by Gasteiger charge is -2.34. The van der Waals surface area contributed by atoms with E-state index in [-0.39, 0.29) is 90.9 Å². The number of hydrogen-bond donors (Lipinski definition) is 0. The maximum absolute atomic E-state index is 9.63. The lowest BCUT2D eigenvalue weighted by molar-refractivity contribution is -0.660. The predicted octanol–water partition coefficient (Wildman–Crippen LogP) is 31.9. The Morgan fingerprint density at radius 3 is 1.25 bits per heavy atom. The topological polar surface area (TPSA) is 93.9 Å². The Bertz CT molecular complexity index is 10600. The van der Waals surface area contributed by atoms with Crippen molar-refractivity contribution in [3.63, 3.8) is 0 Å². The lowest BCUT2D eigenvalue weighted by Crippen LogP contribution is -2.31. The largest absolute Gasteiger partial charge is 0.454 e. The fraction of sp³-hybridized carbons (Fsp3) is 0.297. The maximum atomic E-state index is 9.63. The molecule has 0 bridgehead atoms. The summed E-state index contributed by atoms with van der Waals surface area (Å²) in [6, 6.07) is 59.4. The van der Waals surface area contributed by atoms with Gasteiger partial charge in [0, 0.05) is 204 Å². The van der Waals surface area contributed by atoms with Crippen molar-refractivity contribution in [1.29, 1.82) is 0 Å². The number of hydrogen-bond acceptors (Lipinski definition) is 6. The van der Waals surface area contributed by atoms with Crippen molar-refractivity contribution < 1.29 is 104 Å². The molecule has 4 aliphatic rings. The molecule has 0 amide bonds.